The molecule has 0 amide bonds. The summed E-state index contributed by atoms with van der Waals surface area (Å²) in [4.78, 5) is 27.4. The fraction of sp³-hybridized carbons (Fsp3) is 0.750. The van der Waals surface area contributed by atoms with Gasteiger partial charge in [0.2, 0.25) is 0 Å². The summed E-state index contributed by atoms with van der Waals surface area (Å²) < 4.78 is 5.08. The molecule has 76 valence electrons. The van der Waals surface area contributed by atoms with Crippen LogP contribution in [0.2, 0.25) is 0 Å². The van der Waals surface area contributed by atoms with Gasteiger partial charge in [-0.3, -0.25) is 9.63 Å². The molecule has 4 unspecified atom stereocenters. The van der Waals surface area contributed by atoms with Gasteiger partial charge in [-0.2, -0.15) is 5.06 Å². The molecule has 3 aliphatic rings. The lowest BCUT2D eigenvalue weighted by Gasteiger charge is -2.12. The first-order valence-electron chi connectivity index (χ1n) is 4.55. The van der Waals surface area contributed by atoms with Gasteiger partial charge in [0.15, 0.2) is 6.10 Å². The highest BCUT2D eigenvalue weighted by molar-refractivity contribution is 5.85. The Morgan fingerprint density at radius 1 is 1.57 bits per heavy atom. The molecule has 3 saturated heterocycles. The Morgan fingerprint density at radius 2 is 2.36 bits per heavy atom. The van der Waals surface area contributed by atoms with Gasteiger partial charge in [-0.15, -0.1) is 0 Å². The van der Waals surface area contributed by atoms with Crippen molar-refractivity contribution in [3.05, 3.63) is 0 Å². The van der Waals surface area contributed by atoms with E-state index in [2.05, 4.69) is 0 Å². The molecule has 0 saturated carbocycles. The molecule has 3 fully saturated rings. The first-order valence-corrected chi connectivity index (χ1v) is 4.55. The van der Waals surface area contributed by atoms with Crippen LogP contribution in [0, 0.1) is 5.92 Å². The van der Waals surface area contributed by atoms with Crippen molar-refractivity contribution in [3.63, 3.8) is 0 Å². The van der Waals surface area contributed by atoms with Crippen molar-refractivity contribution < 1.29 is 24.3 Å². The maximum Gasteiger partial charge on any atom is 0.335 e. The summed E-state index contributed by atoms with van der Waals surface area (Å²) in [6.07, 6.45) is -0.492. The zero-order valence-electron chi connectivity index (χ0n) is 7.25. The predicted octanol–water partition coefficient (Wildman–Crippen LogP) is -0.999. The summed E-state index contributed by atoms with van der Waals surface area (Å²) in [5.41, 5.74) is 0. The molecule has 3 rings (SSSR count). The minimum atomic E-state index is -1.10. The number of aliphatic carboxylic acids is 1. The highest BCUT2D eigenvalue weighted by atomic mass is 16.7. The summed E-state index contributed by atoms with van der Waals surface area (Å²) in [6, 6.07) is -0.177. The van der Waals surface area contributed by atoms with E-state index in [1.807, 2.05) is 0 Å². The van der Waals surface area contributed by atoms with Gasteiger partial charge >= 0.3 is 11.9 Å². The van der Waals surface area contributed by atoms with Gasteiger partial charge in [0.05, 0.1) is 6.04 Å². The molecular weight excluding hydrogens is 190 g/mol. The minimum absolute atomic E-state index is 0.170. The molecule has 0 aromatic rings. The fourth-order valence-corrected chi connectivity index (χ4v) is 2.50. The second kappa shape index (κ2) is 2.46. The summed E-state index contributed by atoms with van der Waals surface area (Å²) in [6.45, 7) is 0.642. The van der Waals surface area contributed by atoms with Crippen LogP contribution < -0.4 is 0 Å². The second-order valence-electron chi connectivity index (χ2n) is 3.79. The Morgan fingerprint density at radius 3 is 3.07 bits per heavy atom. The maximum atomic E-state index is 11.4. The van der Waals surface area contributed by atoms with Crippen LogP contribution in [-0.4, -0.2) is 46.9 Å². The molecule has 14 heavy (non-hydrogen) atoms. The van der Waals surface area contributed by atoms with Crippen LogP contribution in [0.15, 0.2) is 0 Å². The molecule has 3 aliphatic heterocycles. The number of carboxylic acid groups (broad SMARTS) is 1. The average molecular weight is 199 g/mol. The smallest absolute Gasteiger partial charge is 0.335 e. The number of carbonyl (C=O) groups excluding carboxylic acids is 1. The van der Waals surface area contributed by atoms with Crippen molar-refractivity contribution in [3.8, 4) is 0 Å². The number of nitrogens with zero attached hydrogens (tertiary/aromatic N) is 1. The summed E-state index contributed by atoms with van der Waals surface area (Å²) in [5.74, 6) is -2.17. The first kappa shape index (κ1) is 8.19. The van der Waals surface area contributed by atoms with Crippen LogP contribution in [0.5, 0.6) is 0 Å². The third kappa shape index (κ3) is 0.821. The van der Waals surface area contributed by atoms with Gasteiger partial charge in [0, 0.05) is 13.0 Å². The van der Waals surface area contributed by atoms with E-state index in [-0.39, 0.29) is 12.1 Å². The predicted molar refractivity (Wildman–Crippen MR) is 41.0 cm³/mol. The number of rotatable bonds is 1. The van der Waals surface area contributed by atoms with Crippen LogP contribution in [0.3, 0.4) is 0 Å². The monoisotopic (exact) mass is 199 g/mol. The molecule has 0 spiro atoms. The van der Waals surface area contributed by atoms with Crippen LogP contribution in [-0.2, 0) is 19.2 Å². The molecule has 6 heteroatoms. The van der Waals surface area contributed by atoms with Gasteiger partial charge in [-0.25, -0.2) is 4.79 Å². The minimum Gasteiger partial charge on any atom is -0.479 e. The number of carboxylic acids is 1. The van der Waals surface area contributed by atoms with Gasteiger partial charge in [-0.05, 0) is 0 Å². The van der Waals surface area contributed by atoms with E-state index in [1.165, 1.54) is 0 Å². The number of hydrogen-bond acceptors (Lipinski definition) is 5. The van der Waals surface area contributed by atoms with Gasteiger partial charge < -0.3 is 9.84 Å². The SMILES string of the molecule is O=C(O)C1ON2CCC3OC(=O)C1C32. The number of carbonyl (C=O) groups is 2. The largest absolute Gasteiger partial charge is 0.479 e. The number of esters is 1. The van der Waals surface area contributed by atoms with E-state index < -0.39 is 24.0 Å². The quantitative estimate of drug-likeness (QED) is 0.546. The molecule has 0 radical (unpaired) electrons. The zero-order chi connectivity index (χ0) is 9.87. The molecular formula is C8H9NO5. The molecule has 3 heterocycles. The van der Waals surface area contributed by atoms with Crippen molar-refractivity contribution in [2.75, 3.05) is 6.54 Å². The van der Waals surface area contributed by atoms with E-state index in [0.29, 0.717) is 6.54 Å². The first-order chi connectivity index (χ1) is 6.68. The highest BCUT2D eigenvalue weighted by Crippen LogP contribution is 2.42. The van der Waals surface area contributed by atoms with E-state index in [1.54, 1.807) is 5.06 Å². The summed E-state index contributed by atoms with van der Waals surface area (Å²) in [5, 5.41) is 10.4. The van der Waals surface area contributed by atoms with Crippen molar-refractivity contribution in [1.82, 2.24) is 5.06 Å². The second-order valence-corrected chi connectivity index (χ2v) is 3.79. The third-order valence-electron chi connectivity index (χ3n) is 3.07. The van der Waals surface area contributed by atoms with Gasteiger partial charge in [0.25, 0.3) is 0 Å². The number of hydroxylamine groups is 2. The summed E-state index contributed by atoms with van der Waals surface area (Å²) >= 11 is 0. The molecule has 0 aromatic carbocycles. The third-order valence-corrected chi connectivity index (χ3v) is 3.07. The van der Waals surface area contributed by atoms with E-state index >= 15 is 0 Å². The van der Waals surface area contributed by atoms with Crippen molar-refractivity contribution in [2.24, 2.45) is 5.92 Å². The molecule has 0 bridgehead atoms. The van der Waals surface area contributed by atoms with E-state index in [4.69, 9.17) is 14.7 Å². The maximum absolute atomic E-state index is 11.4. The number of ether oxygens (including phenoxy) is 1. The lowest BCUT2D eigenvalue weighted by molar-refractivity contribution is -0.186. The Balaban J connectivity index is 1.96. The summed E-state index contributed by atoms with van der Waals surface area (Å²) in [7, 11) is 0. The zero-order valence-corrected chi connectivity index (χ0v) is 7.25. The lowest BCUT2D eigenvalue weighted by Crippen LogP contribution is -2.33. The van der Waals surface area contributed by atoms with E-state index in [9.17, 15) is 9.59 Å². The topological polar surface area (TPSA) is 76.1 Å². The Bertz CT molecular complexity index is 317. The molecule has 1 N–H and O–H groups in total. The lowest BCUT2D eigenvalue weighted by atomic mass is 9.95. The van der Waals surface area contributed by atoms with Crippen LogP contribution >= 0.6 is 0 Å². The molecule has 0 aromatic heterocycles. The van der Waals surface area contributed by atoms with Gasteiger partial charge in [-0.1, -0.05) is 0 Å². The molecule has 0 aliphatic carbocycles. The van der Waals surface area contributed by atoms with Crippen LogP contribution in [0.4, 0.5) is 0 Å². The Kier molecular flexibility index (Phi) is 1.44. The average Bonchev–Trinajstić information content (AvgIpc) is 2.69. The van der Waals surface area contributed by atoms with Crippen molar-refractivity contribution >= 4 is 11.9 Å². The van der Waals surface area contributed by atoms with Gasteiger partial charge in [0.1, 0.15) is 12.0 Å². The Labute approximate surface area is 79.3 Å². The van der Waals surface area contributed by atoms with Crippen molar-refractivity contribution in [2.45, 2.75) is 24.7 Å². The fourth-order valence-electron chi connectivity index (χ4n) is 2.50. The molecule has 6 nitrogen and oxygen atoms in total. The standard InChI is InChI=1S/C8H9NO5/c10-7(11)6-4-5-3(13-8(4)12)1-2-9(5)14-6/h3-6H,1-2H2,(H,10,11). The number of hydrogen-bond donors (Lipinski definition) is 1. The van der Waals surface area contributed by atoms with Crippen LogP contribution in [0.25, 0.3) is 0 Å². The van der Waals surface area contributed by atoms with E-state index in [0.717, 1.165) is 6.42 Å². The molecule has 4 atom stereocenters. The van der Waals surface area contributed by atoms with Crippen LogP contribution in [0.1, 0.15) is 6.42 Å². The van der Waals surface area contributed by atoms with Crippen molar-refractivity contribution in [1.29, 1.82) is 0 Å². The highest BCUT2D eigenvalue weighted by Gasteiger charge is 2.62. The Hall–Kier alpha value is -1.14. The normalized spacial score (nSPS) is 45.3.